The fourth-order valence-corrected chi connectivity index (χ4v) is 2.38. The molecule has 0 saturated heterocycles. The zero-order chi connectivity index (χ0) is 17.5. The highest BCUT2D eigenvalue weighted by atomic mass is 16.5. The van der Waals surface area contributed by atoms with Crippen LogP contribution in [0.25, 0.3) is 10.9 Å². The second-order valence-electron chi connectivity index (χ2n) is 5.49. The van der Waals surface area contributed by atoms with Crippen LogP contribution in [-0.2, 0) is 0 Å². The third-order valence-electron chi connectivity index (χ3n) is 3.62. The Kier molecular flexibility index (Phi) is 5.36. The van der Waals surface area contributed by atoms with E-state index in [0.29, 0.717) is 12.2 Å². The molecular weight excluding hydrogens is 314 g/mol. The van der Waals surface area contributed by atoms with E-state index >= 15 is 0 Å². The Bertz CT molecular complexity index is 884. The van der Waals surface area contributed by atoms with Gasteiger partial charge in [0.15, 0.2) is 0 Å². The summed E-state index contributed by atoms with van der Waals surface area (Å²) >= 11 is 0. The standard InChI is InChI=1S/C20H19N3O2/c1-2-13-25-18-10-8-16(9-11-18)20(24)23-22-14-17-6-3-5-15-7-4-12-21-19(15)17/h3-12,14H,2,13H2,1H3,(H,23,24)/b22-14+. The van der Waals surface area contributed by atoms with E-state index in [2.05, 4.69) is 15.5 Å². The van der Waals surface area contributed by atoms with Gasteiger partial charge in [-0.05, 0) is 36.8 Å². The van der Waals surface area contributed by atoms with E-state index in [4.69, 9.17) is 4.74 Å². The number of aromatic nitrogens is 1. The summed E-state index contributed by atoms with van der Waals surface area (Å²) in [6.45, 7) is 2.71. The quantitative estimate of drug-likeness (QED) is 0.551. The lowest BCUT2D eigenvalue weighted by atomic mass is 10.1. The number of pyridine rings is 1. The molecule has 0 bridgehead atoms. The first-order valence-corrected chi connectivity index (χ1v) is 8.18. The Morgan fingerprint density at radius 3 is 2.76 bits per heavy atom. The molecule has 3 aromatic rings. The summed E-state index contributed by atoms with van der Waals surface area (Å²) in [5.41, 5.74) is 4.76. The molecule has 3 rings (SSSR count). The maximum Gasteiger partial charge on any atom is 0.271 e. The lowest BCUT2D eigenvalue weighted by Gasteiger charge is -2.05. The molecule has 1 amide bonds. The van der Waals surface area contributed by atoms with E-state index in [0.717, 1.165) is 28.6 Å². The van der Waals surface area contributed by atoms with Gasteiger partial charge in [0, 0.05) is 22.7 Å². The number of para-hydroxylation sites is 1. The monoisotopic (exact) mass is 333 g/mol. The van der Waals surface area contributed by atoms with Gasteiger partial charge >= 0.3 is 0 Å². The molecule has 126 valence electrons. The third-order valence-corrected chi connectivity index (χ3v) is 3.62. The van der Waals surface area contributed by atoms with Gasteiger partial charge < -0.3 is 4.74 Å². The van der Waals surface area contributed by atoms with Crippen LogP contribution in [0.2, 0.25) is 0 Å². The molecule has 0 aliphatic rings. The van der Waals surface area contributed by atoms with Crippen molar-refractivity contribution in [2.45, 2.75) is 13.3 Å². The van der Waals surface area contributed by atoms with Crippen LogP contribution in [0, 0.1) is 0 Å². The van der Waals surface area contributed by atoms with Crippen molar-refractivity contribution in [1.29, 1.82) is 0 Å². The number of benzene rings is 2. The van der Waals surface area contributed by atoms with Crippen molar-refractivity contribution < 1.29 is 9.53 Å². The van der Waals surface area contributed by atoms with Crippen molar-refractivity contribution in [2.75, 3.05) is 6.61 Å². The SMILES string of the molecule is CCCOc1ccc(C(=O)N/N=C/c2cccc3cccnc23)cc1. The number of nitrogens with one attached hydrogen (secondary N) is 1. The van der Waals surface area contributed by atoms with Gasteiger partial charge in [-0.3, -0.25) is 9.78 Å². The van der Waals surface area contributed by atoms with Crippen molar-refractivity contribution in [3.63, 3.8) is 0 Å². The number of hydrogen-bond donors (Lipinski definition) is 1. The Labute approximate surface area is 146 Å². The summed E-state index contributed by atoms with van der Waals surface area (Å²) in [4.78, 5) is 16.5. The summed E-state index contributed by atoms with van der Waals surface area (Å²) < 4.78 is 5.50. The number of rotatable bonds is 6. The maximum atomic E-state index is 12.1. The smallest absolute Gasteiger partial charge is 0.271 e. The van der Waals surface area contributed by atoms with Gasteiger partial charge in [0.25, 0.3) is 5.91 Å². The number of fused-ring (bicyclic) bond motifs is 1. The molecule has 25 heavy (non-hydrogen) atoms. The zero-order valence-corrected chi connectivity index (χ0v) is 14.0. The Balaban J connectivity index is 1.66. The second kappa shape index (κ2) is 8.06. The first kappa shape index (κ1) is 16.6. The van der Waals surface area contributed by atoms with Gasteiger partial charge in [-0.15, -0.1) is 0 Å². The summed E-state index contributed by atoms with van der Waals surface area (Å²) in [5.74, 6) is 0.482. The molecule has 0 atom stereocenters. The maximum absolute atomic E-state index is 12.1. The molecule has 0 fully saturated rings. The molecule has 1 heterocycles. The lowest BCUT2D eigenvalue weighted by Crippen LogP contribution is -2.17. The second-order valence-corrected chi connectivity index (χ2v) is 5.49. The molecule has 0 aliphatic carbocycles. The average molecular weight is 333 g/mol. The molecule has 0 saturated carbocycles. The van der Waals surface area contributed by atoms with E-state index < -0.39 is 0 Å². The molecule has 5 nitrogen and oxygen atoms in total. The first-order chi connectivity index (χ1) is 12.3. The molecular formula is C20H19N3O2. The molecule has 0 aliphatic heterocycles. The molecule has 2 aromatic carbocycles. The number of amides is 1. The van der Waals surface area contributed by atoms with Crippen molar-refractivity contribution in [3.05, 3.63) is 71.9 Å². The predicted octanol–water partition coefficient (Wildman–Crippen LogP) is 3.79. The van der Waals surface area contributed by atoms with Gasteiger partial charge in [-0.2, -0.15) is 5.10 Å². The van der Waals surface area contributed by atoms with E-state index in [1.807, 2.05) is 37.3 Å². The van der Waals surface area contributed by atoms with E-state index in [9.17, 15) is 4.79 Å². The molecule has 0 unspecified atom stereocenters. The van der Waals surface area contributed by atoms with Crippen LogP contribution in [0.15, 0.2) is 65.9 Å². The Morgan fingerprint density at radius 2 is 1.96 bits per heavy atom. The highest BCUT2D eigenvalue weighted by Gasteiger charge is 2.04. The largest absolute Gasteiger partial charge is 0.494 e. The number of carbonyl (C=O) groups is 1. The van der Waals surface area contributed by atoms with Crippen LogP contribution >= 0.6 is 0 Å². The highest BCUT2D eigenvalue weighted by Crippen LogP contribution is 2.14. The third kappa shape index (κ3) is 4.20. The summed E-state index contributed by atoms with van der Waals surface area (Å²) in [6, 6.07) is 16.7. The number of hydrogen-bond acceptors (Lipinski definition) is 4. The molecule has 0 spiro atoms. The van der Waals surface area contributed by atoms with E-state index in [1.165, 1.54) is 0 Å². The average Bonchev–Trinajstić information content (AvgIpc) is 2.67. The Hall–Kier alpha value is -3.21. The summed E-state index contributed by atoms with van der Waals surface area (Å²) in [7, 11) is 0. The van der Waals surface area contributed by atoms with Gasteiger partial charge in [0.05, 0.1) is 18.3 Å². The number of carbonyl (C=O) groups excluding carboxylic acids is 1. The predicted molar refractivity (Wildman–Crippen MR) is 99.0 cm³/mol. The fraction of sp³-hybridized carbons (Fsp3) is 0.150. The number of hydrazone groups is 1. The van der Waals surface area contributed by atoms with Crippen LogP contribution in [0.3, 0.4) is 0 Å². The van der Waals surface area contributed by atoms with Crippen LogP contribution in [0.5, 0.6) is 5.75 Å². The summed E-state index contributed by atoms with van der Waals surface area (Å²) in [6.07, 6.45) is 4.28. The lowest BCUT2D eigenvalue weighted by molar-refractivity contribution is 0.0955. The molecule has 0 radical (unpaired) electrons. The van der Waals surface area contributed by atoms with Crippen LogP contribution in [0.4, 0.5) is 0 Å². The topological polar surface area (TPSA) is 63.6 Å². The minimum Gasteiger partial charge on any atom is -0.494 e. The molecule has 1 aromatic heterocycles. The van der Waals surface area contributed by atoms with Gasteiger partial charge in [0.2, 0.25) is 0 Å². The summed E-state index contributed by atoms with van der Waals surface area (Å²) in [5, 5.41) is 5.07. The van der Waals surface area contributed by atoms with Gasteiger partial charge in [-0.25, -0.2) is 5.43 Å². The van der Waals surface area contributed by atoms with Gasteiger partial charge in [0.1, 0.15) is 5.75 Å². The molecule has 5 heteroatoms. The van der Waals surface area contributed by atoms with Crippen LogP contribution in [-0.4, -0.2) is 23.7 Å². The van der Waals surface area contributed by atoms with E-state index in [1.54, 1.807) is 36.7 Å². The van der Waals surface area contributed by atoms with Crippen LogP contribution < -0.4 is 10.2 Å². The number of ether oxygens (including phenoxy) is 1. The van der Waals surface area contributed by atoms with E-state index in [-0.39, 0.29) is 5.91 Å². The zero-order valence-electron chi connectivity index (χ0n) is 14.0. The Morgan fingerprint density at radius 1 is 1.16 bits per heavy atom. The van der Waals surface area contributed by atoms with Crippen molar-refractivity contribution in [2.24, 2.45) is 5.10 Å². The van der Waals surface area contributed by atoms with Gasteiger partial charge in [-0.1, -0.05) is 31.2 Å². The molecule has 1 N–H and O–H groups in total. The highest BCUT2D eigenvalue weighted by molar-refractivity contribution is 5.99. The van der Waals surface area contributed by atoms with Crippen molar-refractivity contribution in [3.8, 4) is 5.75 Å². The van der Waals surface area contributed by atoms with Crippen molar-refractivity contribution in [1.82, 2.24) is 10.4 Å². The number of nitrogens with zero attached hydrogens (tertiary/aromatic N) is 2. The minimum atomic E-state index is -0.272. The normalized spacial score (nSPS) is 10.9. The van der Waals surface area contributed by atoms with Crippen LogP contribution in [0.1, 0.15) is 29.3 Å². The first-order valence-electron chi connectivity index (χ1n) is 8.18. The van der Waals surface area contributed by atoms with Crippen molar-refractivity contribution >= 4 is 23.0 Å². The fourth-order valence-electron chi connectivity index (χ4n) is 2.38. The minimum absolute atomic E-state index is 0.272.